The molecule has 0 radical (unpaired) electrons. The van der Waals surface area contributed by atoms with Crippen molar-refractivity contribution < 1.29 is 10.2 Å². The fraction of sp³-hybridized carbons (Fsp3) is 1.00. The minimum atomic E-state index is -1.46. The Morgan fingerprint density at radius 2 is 0.511 bits per heavy atom. The van der Waals surface area contributed by atoms with Crippen molar-refractivity contribution in [2.24, 2.45) is 5.92 Å². The number of hydrogen-bond acceptors (Lipinski definition) is 2. The fourth-order valence-corrected chi connectivity index (χ4v) is 7.71. The average Bonchev–Trinajstić information content (AvgIpc) is 3.06. The summed E-state index contributed by atoms with van der Waals surface area (Å²) in [5, 5.41) is 21.6. The molecule has 2 N–H and O–H groups in total. The van der Waals surface area contributed by atoms with Crippen molar-refractivity contribution in [2.45, 2.75) is 283 Å². The second kappa shape index (κ2) is 38.7. The molecule has 0 atom stereocenters. The van der Waals surface area contributed by atoms with E-state index in [4.69, 9.17) is 0 Å². The van der Waals surface area contributed by atoms with Crippen LogP contribution in [0.3, 0.4) is 0 Å². The van der Waals surface area contributed by atoms with E-state index in [-0.39, 0.29) is 0 Å². The molecule has 0 aromatic carbocycles. The van der Waals surface area contributed by atoms with Gasteiger partial charge in [-0.25, -0.2) is 0 Å². The molecule has 0 aliphatic rings. The lowest BCUT2D eigenvalue weighted by molar-refractivity contribution is -0.180. The van der Waals surface area contributed by atoms with Crippen molar-refractivity contribution >= 4 is 0 Å². The first-order chi connectivity index (χ1) is 23.1. The number of hydrogen-bond donors (Lipinski definition) is 2. The lowest BCUT2D eigenvalue weighted by Crippen LogP contribution is -2.31. The van der Waals surface area contributed by atoms with Gasteiger partial charge in [-0.3, -0.25) is 0 Å². The molecule has 0 saturated carbocycles. The second-order valence-corrected chi connectivity index (χ2v) is 16.0. The standard InChI is InChI=1S/C45H92O2/c1-4-7-10-13-15-17-19-21-23-25-27-29-31-33-35-37-40-44(43-45(46,47)42-39-12-9-6-3)41-38-36-34-32-30-28-26-24-22-20-18-16-14-11-8-5-2/h44,46-47H,4-43H2,1-3H3. The SMILES string of the molecule is CCCCCCCCCCCCCCCCCCC(CCCCCCCCCCCCCCCCCC)CC(O)(O)CCCCCC. The molecule has 0 rings (SSSR count). The number of unbranched alkanes of at least 4 members (excludes halogenated alkanes) is 33. The highest BCUT2D eigenvalue weighted by Crippen LogP contribution is 2.29. The highest BCUT2D eigenvalue weighted by molar-refractivity contribution is 4.72. The Kier molecular flexibility index (Phi) is 38.7. The number of aliphatic hydroxyl groups is 2. The smallest absolute Gasteiger partial charge is 0.162 e. The summed E-state index contributed by atoms with van der Waals surface area (Å²) in [5.41, 5.74) is 0. The van der Waals surface area contributed by atoms with Crippen LogP contribution < -0.4 is 0 Å². The third-order valence-corrected chi connectivity index (χ3v) is 11.0. The van der Waals surface area contributed by atoms with Crippen LogP contribution in [0.1, 0.15) is 278 Å². The van der Waals surface area contributed by atoms with E-state index in [2.05, 4.69) is 20.8 Å². The van der Waals surface area contributed by atoms with Gasteiger partial charge < -0.3 is 10.2 Å². The molecular weight excluding hydrogens is 572 g/mol. The van der Waals surface area contributed by atoms with E-state index in [0.717, 1.165) is 12.8 Å². The summed E-state index contributed by atoms with van der Waals surface area (Å²) in [5.74, 6) is -0.975. The summed E-state index contributed by atoms with van der Waals surface area (Å²) in [7, 11) is 0. The summed E-state index contributed by atoms with van der Waals surface area (Å²) in [4.78, 5) is 0. The summed E-state index contributed by atoms with van der Waals surface area (Å²) in [6, 6.07) is 0. The minimum Gasteiger partial charge on any atom is -0.366 e. The van der Waals surface area contributed by atoms with Crippen molar-refractivity contribution in [1.82, 2.24) is 0 Å². The van der Waals surface area contributed by atoms with E-state index in [1.165, 1.54) is 231 Å². The molecule has 47 heavy (non-hydrogen) atoms. The van der Waals surface area contributed by atoms with Gasteiger partial charge in [0.1, 0.15) is 0 Å². The van der Waals surface area contributed by atoms with Gasteiger partial charge in [0.25, 0.3) is 0 Å². The van der Waals surface area contributed by atoms with Crippen LogP contribution in [0.25, 0.3) is 0 Å². The molecule has 0 unspecified atom stereocenters. The van der Waals surface area contributed by atoms with Crippen LogP contribution in [0.2, 0.25) is 0 Å². The van der Waals surface area contributed by atoms with Gasteiger partial charge in [0.05, 0.1) is 0 Å². The van der Waals surface area contributed by atoms with Gasteiger partial charge in [0.15, 0.2) is 5.79 Å². The summed E-state index contributed by atoms with van der Waals surface area (Å²) < 4.78 is 0. The third-order valence-electron chi connectivity index (χ3n) is 11.0. The van der Waals surface area contributed by atoms with Crippen LogP contribution in [0.15, 0.2) is 0 Å². The average molecular weight is 665 g/mol. The molecule has 0 aromatic rings. The highest BCUT2D eigenvalue weighted by Gasteiger charge is 2.26. The van der Waals surface area contributed by atoms with E-state index in [1.54, 1.807) is 0 Å². The van der Waals surface area contributed by atoms with Crippen molar-refractivity contribution in [3.05, 3.63) is 0 Å². The molecule has 0 heterocycles. The molecule has 0 aliphatic heterocycles. The molecule has 284 valence electrons. The molecule has 2 nitrogen and oxygen atoms in total. The van der Waals surface area contributed by atoms with E-state index < -0.39 is 5.79 Å². The molecule has 0 bridgehead atoms. The lowest BCUT2D eigenvalue weighted by atomic mass is 9.86. The highest BCUT2D eigenvalue weighted by atomic mass is 16.5. The maximum atomic E-state index is 10.8. The zero-order chi connectivity index (χ0) is 34.4. The summed E-state index contributed by atoms with van der Waals surface area (Å²) in [6.07, 6.45) is 53.1. The minimum absolute atomic E-state index is 0.481. The number of rotatable bonds is 41. The van der Waals surface area contributed by atoms with Crippen molar-refractivity contribution in [3.8, 4) is 0 Å². The maximum Gasteiger partial charge on any atom is 0.162 e. The zero-order valence-electron chi connectivity index (χ0n) is 33.3. The Morgan fingerprint density at radius 1 is 0.298 bits per heavy atom. The van der Waals surface area contributed by atoms with Gasteiger partial charge in [-0.2, -0.15) is 0 Å². The predicted octanol–water partition coefficient (Wildman–Crippen LogP) is 15.9. The zero-order valence-corrected chi connectivity index (χ0v) is 33.3. The quantitative estimate of drug-likeness (QED) is 0.0504. The van der Waals surface area contributed by atoms with Crippen LogP contribution in [0.5, 0.6) is 0 Å². The van der Waals surface area contributed by atoms with Crippen LogP contribution >= 0.6 is 0 Å². The molecule has 0 fully saturated rings. The molecule has 0 spiro atoms. The monoisotopic (exact) mass is 665 g/mol. The first-order valence-corrected chi connectivity index (χ1v) is 22.5. The van der Waals surface area contributed by atoms with E-state index in [0.29, 0.717) is 18.8 Å². The van der Waals surface area contributed by atoms with Crippen LogP contribution in [0.4, 0.5) is 0 Å². The van der Waals surface area contributed by atoms with E-state index >= 15 is 0 Å². The largest absolute Gasteiger partial charge is 0.366 e. The first-order valence-electron chi connectivity index (χ1n) is 22.5. The Hall–Kier alpha value is -0.0800. The Bertz CT molecular complexity index is 522. The predicted molar refractivity (Wildman–Crippen MR) is 212 cm³/mol. The van der Waals surface area contributed by atoms with Gasteiger partial charge in [0.2, 0.25) is 0 Å². The molecule has 0 saturated heterocycles. The fourth-order valence-electron chi connectivity index (χ4n) is 7.71. The van der Waals surface area contributed by atoms with Gasteiger partial charge in [-0.05, 0) is 12.3 Å². The molecule has 0 aliphatic carbocycles. The second-order valence-electron chi connectivity index (χ2n) is 16.0. The van der Waals surface area contributed by atoms with Gasteiger partial charge in [0, 0.05) is 12.8 Å². The van der Waals surface area contributed by atoms with Crippen LogP contribution in [-0.2, 0) is 0 Å². The molecule has 0 aromatic heterocycles. The normalized spacial score (nSPS) is 12.1. The lowest BCUT2D eigenvalue weighted by Gasteiger charge is -2.27. The maximum absolute atomic E-state index is 10.8. The topological polar surface area (TPSA) is 40.5 Å². The van der Waals surface area contributed by atoms with Gasteiger partial charge in [-0.1, -0.05) is 258 Å². The Morgan fingerprint density at radius 3 is 0.766 bits per heavy atom. The van der Waals surface area contributed by atoms with Crippen molar-refractivity contribution in [2.75, 3.05) is 0 Å². The van der Waals surface area contributed by atoms with Gasteiger partial charge in [-0.15, -0.1) is 0 Å². The third kappa shape index (κ3) is 38.6. The van der Waals surface area contributed by atoms with Crippen LogP contribution in [0, 0.1) is 5.92 Å². The first kappa shape index (κ1) is 46.9. The molecule has 0 amide bonds. The summed E-state index contributed by atoms with van der Waals surface area (Å²) in [6.45, 7) is 6.82. The summed E-state index contributed by atoms with van der Waals surface area (Å²) >= 11 is 0. The van der Waals surface area contributed by atoms with Crippen molar-refractivity contribution in [1.29, 1.82) is 0 Å². The Labute approximate surface area is 298 Å². The molecule has 2 heteroatoms. The van der Waals surface area contributed by atoms with Crippen LogP contribution in [-0.4, -0.2) is 16.0 Å². The Balaban J connectivity index is 3.96. The van der Waals surface area contributed by atoms with Crippen molar-refractivity contribution in [3.63, 3.8) is 0 Å². The molecular formula is C45H92O2. The van der Waals surface area contributed by atoms with E-state index in [1.807, 2.05) is 0 Å². The van der Waals surface area contributed by atoms with Gasteiger partial charge >= 0.3 is 0 Å². The van der Waals surface area contributed by atoms with E-state index in [9.17, 15) is 10.2 Å².